The van der Waals surface area contributed by atoms with Crippen LogP contribution in [0.4, 0.5) is 0 Å². The second kappa shape index (κ2) is 7.34. The number of amides is 1. The lowest BCUT2D eigenvalue weighted by Crippen LogP contribution is -2.43. The Balaban J connectivity index is 1.98. The number of rotatable bonds is 5. The van der Waals surface area contributed by atoms with Crippen LogP contribution in [0.25, 0.3) is 0 Å². The Bertz CT molecular complexity index is 741. The summed E-state index contributed by atoms with van der Waals surface area (Å²) in [5.41, 5.74) is 2.16. The Labute approximate surface area is 142 Å². The smallest absolute Gasteiger partial charge is 0.338 e. The summed E-state index contributed by atoms with van der Waals surface area (Å²) >= 11 is 0. The molecule has 1 aliphatic rings. The molecule has 1 saturated heterocycles. The molecular weight excluding hydrogens is 330 g/mol. The molecule has 1 heterocycles. The number of sulfone groups is 1. The number of ether oxygens (including phenoxy) is 1. The van der Waals surface area contributed by atoms with Crippen molar-refractivity contribution >= 4 is 21.7 Å². The summed E-state index contributed by atoms with van der Waals surface area (Å²) in [5, 5.41) is 0. The monoisotopic (exact) mass is 353 g/mol. The molecule has 24 heavy (non-hydrogen) atoms. The molecule has 1 aromatic carbocycles. The zero-order valence-corrected chi connectivity index (χ0v) is 15.1. The number of nitrogens with zero attached hydrogens (tertiary/aromatic N) is 1. The lowest BCUT2D eigenvalue weighted by Gasteiger charge is -2.26. The number of benzene rings is 1. The van der Waals surface area contributed by atoms with Crippen LogP contribution < -0.4 is 0 Å². The number of likely N-dealkylation sites (N-methyl/N-ethyl adjacent to an activating group) is 1. The van der Waals surface area contributed by atoms with E-state index in [2.05, 4.69) is 0 Å². The van der Waals surface area contributed by atoms with Gasteiger partial charge in [-0.25, -0.2) is 13.2 Å². The highest BCUT2D eigenvalue weighted by atomic mass is 32.2. The molecule has 2 rings (SSSR count). The average Bonchev–Trinajstić information content (AvgIpc) is 2.87. The topological polar surface area (TPSA) is 80.8 Å². The van der Waals surface area contributed by atoms with E-state index in [1.165, 1.54) is 4.90 Å². The Kier molecular flexibility index (Phi) is 5.64. The zero-order valence-electron chi connectivity index (χ0n) is 14.2. The maximum Gasteiger partial charge on any atom is 0.338 e. The number of carbonyl (C=O) groups is 2. The number of carbonyl (C=O) groups excluding carboxylic acids is 2. The van der Waals surface area contributed by atoms with Crippen molar-refractivity contribution in [2.45, 2.75) is 33.2 Å². The van der Waals surface area contributed by atoms with Crippen LogP contribution in [0.5, 0.6) is 0 Å². The summed E-state index contributed by atoms with van der Waals surface area (Å²) in [4.78, 5) is 26.0. The average molecular weight is 353 g/mol. The van der Waals surface area contributed by atoms with Gasteiger partial charge in [-0.05, 0) is 38.8 Å². The summed E-state index contributed by atoms with van der Waals surface area (Å²) in [5.74, 6) is -0.820. The van der Waals surface area contributed by atoms with Crippen molar-refractivity contribution < 1.29 is 22.7 Å². The van der Waals surface area contributed by atoms with E-state index in [1.807, 2.05) is 19.1 Å². The standard InChI is InChI=1S/C17H23NO5S/c1-4-18(14-7-8-24(21,22)11-14)16(19)10-23-17(20)15-9-12(2)5-6-13(15)3/h5-6,9,14H,4,7-8,10-11H2,1-3H3/t14-/m1/s1. The molecule has 1 atom stereocenters. The van der Waals surface area contributed by atoms with Gasteiger partial charge in [0.05, 0.1) is 17.1 Å². The largest absolute Gasteiger partial charge is 0.452 e. The highest BCUT2D eigenvalue weighted by molar-refractivity contribution is 7.91. The van der Waals surface area contributed by atoms with E-state index >= 15 is 0 Å². The minimum atomic E-state index is -3.07. The van der Waals surface area contributed by atoms with Crippen molar-refractivity contribution in [2.24, 2.45) is 0 Å². The molecular formula is C17H23NO5S. The van der Waals surface area contributed by atoms with E-state index in [1.54, 1.807) is 19.9 Å². The van der Waals surface area contributed by atoms with Gasteiger partial charge in [-0.3, -0.25) is 4.79 Å². The first kappa shape index (κ1) is 18.4. The molecule has 0 aliphatic carbocycles. The number of hydrogen-bond acceptors (Lipinski definition) is 5. The molecule has 0 aromatic heterocycles. The molecule has 0 bridgehead atoms. The van der Waals surface area contributed by atoms with E-state index in [0.717, 1.165) is 11.1 Å². The van der Waals surface area contributed by atoms with Gasteiger partial charge in [-0.2, -0.15) is 0 Å². The van der Waals surface area contributed by atoms with Crippen LogP contribution in [0, 0.1) is 13.8 Å². The van der Waals surface area contributed by atoms with Crippen LogP contribution in [0.3, 0.4) is 0 Å². The summed E-state index contributed by atoms with van der Waals surface area (Å²) in [6.45, 7) is 5.48. The molecule has 7 heteroatoms. The fourth-order valence-electron chi connectivity index (χ4n) is 2.90. The summed E-state index contributed by atoms with van der Waals surface area (Å²) in [7, 11) is -3.07. The molecule has 0 radical (unpaired) electrons. The third-order valence-corrected chi connectivity index (χ3v) is 6.00. The van der Waals surface area contributed by atoms with Crippen molar-refractivity contribution in [3.8, 4) is 0 Å². The van der Waals surface area contributed by atoms with Gasteiger partial charge in [-0.15, -0.1) is 0 Å². The molecule has 0 N–H and O–H groups in total. The van der Waals surface area contributed by atoms with Gasteiger partial charge in [0.15, 0.2) is 16.4 Å². The SMILES string of the molecule is CCN(C(=O)COC(=O)c1cc(C)ccc1C)[C@@H]1CCS(=O)(=O)C1. The van der Waals surface area contributed by atoms with Gasteiger partial charge in [0.2, 0.25) is 0 Å². The second-order valence-electron chi connectivity index (χ2n) is 6.13. The van der Waals surface area contributed by atoms with Gasteiger partial charge >= 0.3 is 5.97 Å². The molecule has 1 amide bonds. The fraction of sp³-hybridized carbons (Fsp3) is 0.529. The maximum absolute atomic E-state index is 12.3. The first-order chi connectivity index (χ1) is 11.2. The van der Waals surface area contributed by atoms with Crippen molar-refractivity contribution in [3.63, 3.8) is 0 Å². The first-order valence-corrected chi connectivity index (χ1v) is 9.80. The molecule has 0 spiro atoms. The third-order valence-electron chi connectivity index (χ3n) is 4.25. The van der Waals surface area contributed by atoms with E-state index < -0.39 is 15.8 Å². The van der Waals surface area contributed by atoms with E-state index in [-0.39, 0.29) is 30.1 Å². The van der Waals surface area contributed by atoms with E-state index in [9.17, 15) is 18.0 Å². The van der Waals surface area contributed by atoms with Crippen LogP contribution in [0.15, 0.2) is 18.2 Å². The molecule has 1 fully saturated rings. The van der Waals surface area contributed by atoms with Crippen LogP contribution in [-0.2, 0) is 19.4 Å². The zero-order chi connectivity index (χ0) is 17.9. The Morgan fingerprint density at radius 1 is 1.29 bits per heavy atom. The summed E-state index contributed by atoms with van der Waals surface area (Å²) in [6, 6.07) is 5.13. The van der Waals surface area contributed by atoms with E-state index in [0.29, 0.717) is 18.5 Å². The lowest BCUT2D eigenvalue weighted by molar-refractivity contribution is -0.136. The van der Waals surface area contributed by atoms with Crippen LogP contribution >= 0.6 is 0 Å². The Hall–Kier alpha value is -1.89. The van der Waals surface area contributed by atoms with Gasteiger partial charge in [0.25, 0.3) is 5.91 Å². The van der Waals surface area contributed by atoms with Crippen molar-refractivity contribution in [2.75, 3.05) is 24.7 Å². The van der Waals surface area contributed by atoms with Gasteiger partial charge in [0, 0.05) is 12.6 Å². The van der Waals surface area contributed by atoms with Crippen LogP contribution in [-0.4, -0.2) is 55.9 Å². The van der Waals surface area contributed by atoms with Crippen LogP contribution in [0.2, 0.25) is 0 Å². The minimum absolute atomic E-state index is 0.0164. The quantitative estimate of drug-likeness (QED) is 0.749. The van der Waals surface area contributed by atoms with Gasteiger partial charge in [-0.1, -0.05) is 17.7 Å². The predicted molar refractivity (Wildman–Crippen MR) is 90.6 cm³/mol. The minimum Gasteiger partial charge on any atom is -0.452 e. The van der Waals surface area contributed by atoms with Crippen molar-refractivity contribution in [1.29, 1.82) is 0 Å². The van der Waals surface area contributed by atoms with E-state index in [4.69, 9.17) is 4.74 Å². The number of esters is 1. The maximum atomic E-state index is 12.3. The lowest BCUT2D eigenvalue weighted by atomic mass is 10.1. The molecule has 1 aromatic rings. The van der Waals surface area contributed by atoms with Gasteiger partial charge in [0.1, 0.15) is 0 Å². The summed E-state index contributed by atoms with van der Waals surface area (Å²) in [6.07, 6.45) is 0.437. The number of aryl methyl sites for hydroxylation is 2. The fourth-order valence-corrected chi connectivity index (χ4v) is 4.63. The van der Waals surface area contributed by atoms with Crippen LogP contribution in [0.1, 0.15) is 34.8 Å². The Morgan fingerprint density at radius 2 is 2.00 bits per heavy atom. The first-order valence-electron chi connectivity index (χ1n) is 7.97. The van der Waals surface area contributed by atoms with Gasteiger partial charge < -0.3 is 9.64 Å². The molecule has 6 nitrogen and oxygen atoms in total. The third kappa shape index (κ3) is 4.35. The Morgan fingerprint density at radius 3 is 2.58 bits per heavy atom. The molecule has 132 valence electrons. The predicted octanol–water partition coefficient (Wildman–Crippen LogP) is 1.50. The second-order valence-corrected chi connectivity index (χ2v) is 8.36. The normalized spacial score (nSPS) is 19.0. The molecule has 0 saturated carbocycles. The number of hydrogen-bond donors (Lipinski definition) is 0. The highest BCUT2D eigenvalue weighted by Gasteiger charge is 2.34. The molecule has 0 unspecified atom stereocenters. The summed E-state index contributed by atoms with van der Waals surface area (Å²) < 4.78 is 28.3. The highest BCUT2D eigenvalue weighted by Crippen LogP contribution is 2.18. The van der Waals surface area contributed by atoms with Crippen molar-refractivity contribution in [3.05, 3.63) is 34.9 Å². The van der Waals surface area contributed by atoms with Crippen molar-refractivity contribution in [1.82, 2.24) is 4.90 Å². The molecule has 1 aliphatic heterocycles.